The van der Waals surface area contributed by atoms with Crippen molar-refractivity contribution in [3.05, 3.63) is 65.6 Å². The van der Waals surface area contributed by atoms with Gasteiger partial charge in [-0.1, -0.05) is 25.1 Å². The molecule has 0 aliphatic rings. The molecule has 0 bridgehead atoms. The number of nitrogens with one attached hydrogen (secondary N) is 2. The van der Waals surface area contributed by atoms with Crippen LogP contribution in [0.4, 0.5) is 5.69 Å². The predicted molar refractivity (Wildman–Crippen MR) is 122 cm³/mol. The molecule has 31 heavy (non-hydrogen) atoms. The zero-order chi connectivity index (χ0) is 22.2. The Morgan fingerprint density at radius 2 is 2.13 bits per heavy atom. The van der Waals surface area contributed by atoms with E-state index in [0.717, 1.165) is 5.56 Å². The summed E-state index contributed by atoms with van der Waals surface area (Å²) in [5, 5.41) is 5.49. The normalized spacial score (nSPS) is 12.1. The highest BCUT2D eigenvalue weighted by molar-refractivity contribution is 6.07. The first-order valence-corrected chi connectivity index (χ1v) is 9.92. The van der Waals surface area contributed by atoms with Gasteiger partial charge in [-0.2, -0.15) is 0 Å². The Morgan fingerprint density at radius 3 is 2.90 bits per heavy atom. The van der Waals surface area contributed by atoms with Crippen molar-refractivity contribution in [2.24, 2.45) is 15.7 Å². The topological polar surface area (TPSA) is 126 Å². The number of amidine groups is 2. The molecule has 9 heteroatoms. The molecule has 2 amide bonds. The summed E-state index contributed by atoms with van der Waals surface area (Å²) in [6.07, 6.45) is 4.57. The first-order valence-electron chi connectivity index (χ1n) is 9.92. The Bertz CT molecular complexity index is 1150. The van der Waals surface area contributed by atoms with Crippen molar-refractivity contribution in [1.82, 2.24) is 14.7 Å². The van der Waals surface area contributed by atoms with Gasteiger partial charge in [-0.15, -0.1) is 0 Å². The van der Waals surface area contributed by atoms with Crippen molar-refractivity contribution in [3.8, 4) is 0 Å². The summed E-state index contributed by atoms with van der Waals surface area (Å²) in [6.45, 7) is 4.69. The quantitative estimate of drug-likeness (QED) is 0.224. The number of benzene rings is 1. The highest BCUT2D eigenvalue weighted by Gasteiger charge is 2.14. The van der Waals surface area contributed by atoms with Crippen molar-refractivity contribution in [2.45, 2.75) is 20.3 Å². The molecule has 160 valence electrons. The number of aliphatic imine (C=N–C) groups is 2. The van der Waals surface area contributed by atoms with Crippen LogP contribution in [0.3, 0.4) is 0 Å². The van der Waals surface area contributed by atoms with Gasteiger partial charge in [-0.25, -0.2) is 9.98 Å². The summed E-state index contributed by atoms with van der Waals surface area (Å²) >= 11 is 0. The molecule has 3 rings (SSSR count). The number of fused-ring (bicyclic) bond motifs is 1. The molecule has 2 aromatic heterocycles. The number of amides is 2. The van der Waals surface area contributed by atoms with Gasteiger partial charge < -0.3 is 16.4 Å². The minimum Gasteiger partial charge on any atom is -0.383 e. The van der Waals surface area contributed by atoms with Gasteiger partial charge in [0.05, 0.1) is 12.7 Å². The number of carbonyl (C=O) groups is 2. The SMILES string of the molecule is CCC(=NCCNC=O)N=C(N)c1ccc(C)c(NC(=O)c2cnc3ccccn23)c1. The van der Waals surface area contributed by atoms with E-state index in [1.807, 2.05) is 44.2 Å². The lowest BCUT2D eigenvalue weighted by Crippen LogP contribution is -2.19. The van der Waals surface area contributed by atoms with Crippen molar-refractivity contribution in [3.63, 3.8) is 0 Å². The van der Waals surface area contributed by atoms with Crippen molar-refractivity contribution < 1.29 is 9.59 Å². The van der Waals surface area contributed by atoms with Crippen LogP contribution in [0.1, 0.15) is 35.0 Å². The molecule has 2 heterocycles. The number of anilines is 1. The molecule has 0 aliphatic carbocycles. The Labute approximate surface area is 180 Å². The fraction of sp³-hybridized carbons (Fsp3) is 0.227. The second kappa shape index (κ2) is 10.1. The third-order valence-corrected chi connectivity index (χ3v) is 4.63. The van der Waals surface area contributed by atoms with Gasteiger partial charge in [0.2, 0.25) is 6.41 Å². The summed E-state index contributed by atoms with van der Waals surface area (Å²) in [5.74, 6) is 0.615. The average Bonchev–Trinajstić information content (AvgIpc) is 3.21. The number of carbonyl (C=O) groups excluding carboxylic acids is 2. The van der Waals surface area contributed by atoms with E-state index in [1.165, 1.54) is 0 Å². The fourth-order valence-electron chi connectivity index (χ4n) is 2.94. The van der Waals surface area contributed by atoms with E-state index in [1.54, 1.807) is 22.9 Å². The number of pyridine rings is 1. The van der Waals surface area contributed by atoms with Crippen LogP contribution >= 0.6 is 0 Å². The molecular weight excluding hydrogens is 394 g/mol. The number of imidazole rings is 1. The van der Waals surface area contributed by atoms with E-state index in [2.05, 4.69) is 25.6 Å². The molecule has 0 radical (unpaired) electrons. The lowest BCUT2D eigenvalue weighted by atomic mass is 10.1. The third kappa shape index (κ3) is 5.33. The minimum absolute atomic E-state index is 0.270. The second-order valence-electron chi connectivity index (χ2n) is 6.78. The van der Waals surface area contributed by atoms with E-state index in [4.69, 9.17) is 5.73 Å². The van der Waals surface area contributed by atoms with Crippen LogP contribution in [0.2, 0.25) is 0 Å². The molecule has 0 fully saturated rings. The summed E-state index contributed by atoms with van der Waals surface area (Å²) < 4.78 is 1.73. The number of aryl methyl sites for hydroxylation is 1. The molecule has 0 atom stereocenters. The number of nitrogens with two attached hydrogens (primary N) is 1. The largest absolute Gasteiger partial charge is 0.383 e. The van der Waals surface area contributed by atoms with Crippen LogP contribution in [-0.4, -0.2) is 46.5 Å². The van der Waals surface area contributed by atoms with Gasteiger partial charge in [-0.3, -0.25) is 19.0 Å². The van der Waals surface area contributed by atoms with E-state index < -0.39 is 0 Å². The van der Waals surface area contributed by atoms with Crippen LogP contribution in [0.5, 0.6) is 0 Å². The molecule has 0 unspecified atom stereocenters. The lowest BCUT2D eigenvalue weighted by Gasteiger charge is -2.11. The minimum atomic E-state index is -0.270. The smallest absolute Gasteiger partial charge is 0.274 e. The van der Waals surface area contributed by atoms with Gasteiger partial charge in [0.15, 0.2) is 0 Å². The maximum absolute atomic E-state index is 12.8. The highest BCUT2D eigenvalue weighted by Crippen LogP contribution is 2.18. The molecule has 3 aromatic rings. The van der Waals surface area contributed by atoms with E-state index in [9.17, 15) is 9.59 Å². The number of aromatic nitrogens is 2. The standard InChI is InChI=1S/C22H25N7O2/c1-3-19(25-10-9-24-14-30)28-21(23)16-8-7-15(2)17(12-16)27-22(31)18-13-26-20-6-4-5-11-29(18)20/h4-8,11-14H,3,9-10H2,1-2H3,(H,24,30)(H,27,31)(H2,23,25,28). The monoisotopic (exact) mass is 419 g/mol. The maximum Gasteiger partial charge on any atom is 0.274 e. The summed E-state index contributed by atoms with van der Waals surface area (Å²) in [7, 11) is 0. The molecule has 0 aliphatic heterocycles. The Hall–Kier alpha value is -4.01. The molecule has 1 aromatic carbocycles. The third-order valence-electron chi connectivity index (χ3n) is 4.63. The van der Waals surface area contributed by atoms with Gasteiger partial charge in [0.1, 0.15) is 23.0 Å². The summed E-state index contributed by atoms with van der Waals surface area (Å²) in [5.41, 5.74) is 9.53. The van der Waals surface area contributed by atoms with Gasteiger partial charge in [0, 0.05) is 30.4 Å². The van der Waals surface area contributed by atoms with Crippen LogP contribution in [0.15, 0.2) is 58.8 Å². The molecule has 0 spiro atoms. The summed E-state index contributed by atoms with van der Waals surface area (Å²) in [4.78, 5) is 36.2. The Balaban J connectivity index is 1.80. The molecule has 0 saturated carbocycles. The zero-order valence-electron chi connectivity index (χ0n) is 17.5. The summed E-state index contributed by atoms with van der Waals surface area (Å²) in [6, 6.07) is 11.1. The predicted octanol–water partition coefficient (Wildman–Crippen LogP) is 2.15. The zero-order valence-corrected chi connectivity index (χ0v) is 17.5. The van der Waals surface area contributed by atoms with Gasteiger partial charge in [-0.05, 0) is 30.7 Å². The van der Waals surface area contributed by atoms with Crippen molar-refractivity contribution in [2.75, 3.05) is 18.4 Å². The van der Waals surface area contributed by atoms with E-state index in [0.29, 0.717) is 60.2 Å². The van der Waals surface area contributed by atoms with Crippen molar-refractivity contribution in [1.29, 1.82) is 0 Å². The molecule has 9 nitrogen and oxygen atoms in total. The molecule has 0 saturated heterocycles. The van der Waals surface area contributed by atoms with E-state index in [-0.39, 0.29) is 5.91 Å². The van der Waals surface area contributed by atoms with Crippen LogP contribution in [0, 0.1) is 6.92 Å². The highest BCUT2D eigenvalue weighted by atomic mass is 16.2. The number of hydrogen-bond donors (Lipinski definition) is 3. The Morgan fingerprint density at radius 1 is 1.29 bits per heavy atom. The average molecular weight is 419 g/mol. The maximum atomic E-state index is 12.8. The van der Waals surface area contributed by atoms with Crippen LogP contribution in [0.25, 0.3) is 5.65 Å². The second-order valence-corrected chi connectivity index (χ2v) is 6.78. The number of rotatable bonds is 8. The van der Waals surface area contributed by atoms with Crippen LogP contribution < -0.4 is 16.4 Å². The molecular formula is C22H25N7O2. The first kappa shape index (κ1) is 21.7. The van der Waals surface area contributed by atoms with Crippen molar-refractivity contribution >= 4 is 35.3 Å². The van der Waals surface area contributed by atoms with Gasteiger partial charge in [0.25, 0.3) is 5.91 Å². The van der Waals surface area contributed by atoms with Crippen LogP contribution in [-0.2, 0) is 4.79 Å². The number of hydrogen-bond acceptors (Lipinski definition) is 4. The number of nitrogens with zero attached hydrogens (tertiary/aromatic N) is 4. The Kier molecular flexibility index (Phi) is 7.10. The lowest BCUT2D eigenvalue weighted by molar-refractivity contribution is -0.109. The first-order chi connectivity index (χ1) is 15.0. The van der Waals surface area contributed by atoms with E-state index >= 15 is 0 Å². The van der Waals surface area contributed by atoms with Gasteiger partial charge >= 0.3 is 0 Å². The fourth-order valence-corrected chi connectivity index (χ4v) is 2.94. The molecule has 4 N–H and O–H groups in total.